The molecule has 2 amide bonds. The third-order valence-electron chi connectivity index (χ3n) is 3.53. The zero-order valence-electron chi connectivity index (χ0n) is 12.8. The molecule has 1 fully saturated rings. The van der Waals surface area contributed by atoms with E-state index in [9.17, 15) is 22.8 Å². The summed E-state index contributed by atoms with van der Waals surface area (Å²) < 4.78 is 26.1. The Morgan fingerprint density at radius 3 is 2.75 bits per heavy atom. The van der Waals surface area contributed by atoms with Crippen molar-refractivity contribution in [1.82, 2.24) is 14.6 Å². The van der Waals surface area contributed by atoms with Crippen LogP contribution in [-0.4, -0.2) is 54.4 Å². The van der Waals surface area contributed by atoms with Crippen molar-refractivity contribution >= 4 is 27.6 Å². The Morgan fingerprint density at radius 1 is 1.38 bits per heavy atom. The first-order valence-electron chi connectivity index (χ1n) is 7.32. The Bertz CT molecular complexity index is 735. The molecule has 24 heavy (non-hydrogen) atoms. The number of nitrogens with zero attached hydrogens (tertiary/aromatic N) is 2. The first kappa shape index (κ1) is 18.0. The molecule has 0 bridgehead atoms. The number of ketones is 1. The first-order chi connectivity index (χ1) is 11.3. The van der Waals surface area contributed by atoms with Gasteiger partial charge in [-0.25, -0.2) is 13.4 Å². The number of primary amides is 1. The van der Waals surface area contributed by atoms with Gasteiger partial charge in [0.05, 0.1) is 12.6 Å². The SMILES string of the molecule is NC(=O)CC(=O)N[C@H]1CCCN(S(=O)(=O)c2ccccn2)CC1=O. The number of aromatic nitrogens is 1. The molecular weight excluding hydrogens is 336 g/mol. The van der Waals surface area contributed by atoms with Crippen molar-refractivity contribution in [3.05, 3.63) is 24.4 Å². The molecule has 0 spiro atoms. The molecule has 2 rings (SSSR count). The number of hydrogen-bond acceptors (Lipinski definition) is 6. The summed E-state index contributed by atoms with van der Waals surface area (Å²) >= 11 is 0. The number of Topliss-reactive ketones (excluding diaryl/α,β-unsaturated/α-hetero) is 1. The van der Waals surface area contributed by atoms with Crippen molar-refractivity contribution in [2.45, 2.75) is 30.3 Å². The molecule has 1 aliphatic rings. The minimum absolute atomic E-state index is 0.131. The number of nitrogens with one attached hydrogen (secondary N) is 1. The highest BCUT2D eigenvalue weighted by Crippen LogP contribution is 2.17. The average Bonchev–Trinajstić information content (AvgIpc) is 2.70. The van der Waals surface area contributed by atoms with Gasteiger partial charge in [-0.3, -0.25) is 14.4 Å². The zero-order valence-corrected chi connectivity index (χ0v) is 13.7. The van der Waals surface area contributed by atoms with E-state index in [-0.39, 0.29) is 24.5 Å². The van der Waals surface area contributed by atoms with E-state index in [1.165, 1.54) is 12.3 Å². The second-order valence-corrected chi connectivity index (χ2v) is 7.26. The van der Waals surface area contributed by atoms with E-state index >= 15 is 0 Å². The molecule has 3 N–H and O–H groups in total. The second-order valence-electron chi connectivity index (χ2n) is 5.38. The van der Waals surface area contributed by atoms with Crippen molar-refractivity contribution in [2.75, 3.05) is 13.1 Å². The topological polar surface area (TPSA) is 140 Å². The van der Waals surface area contributed by atoms with Gasteiger partial charge in [0.2, 0.25) is 11.8 Å². The summed E-state index contributed by atoms with van der Waals surface area (Å²) in [5.74, 6) is -1.89. The first-order valence-corrected chi connectivity index (χ1v) is 8.76. The van der Waals surface area contributed by atoms with Crippen molar-refractivity contribution in [2.24, 2.45) is 5.73 Å². The van der Waals surface area contributed by atoms with Crippen LogP contribution in [0, 0.1) is 0 Å². The predicted molar refractivity (Wildman–Crippen MR) is 83.0 cm³/mol. The van der Waals surface area contributed by atoms with Gasteiger partial charge in [0, 0.05) is 12.7 Å². The summed E-state index contributed by atoms with van der Waals surface area (Å²) in [4.78, 5) is 38.4. The van der Waals surface area contributed by atoms with E-state index in [4.69, 9.17) is 5.73 Å². The average molecular weight is 354 g/mol. The Kier molecular flexibility index (Phi) is 5.62. The van der Waals surface area contributed by atoms with E-state index in [0.29, 0.717) is 6.42 Å². The fraction of sp³-hybridized carbons (Fsp3) is 0.429. The molecule has 0 saturated carbocycles. The lowest BCUT2D eigenvalue weighted by Gasteiger charge is -2.19. The lowest BCUT2D eigenvalue weighted by atomic mass is 10.1. The van der Waals surface area contributed by atoms with Crippen LogP contribution in [0.25, 0.3) is 0 Å². The number of carbonyl (C=O) groups excluding carboxylic acids is 3. The number of pyridine rings is 1. The zero-order chi connectivity index (χ0) is 17.7. The number of sulfonamides is 1. The van der Waals surface area contributed by atoms with Crippen LogP contribution in [0.1, 0.15) is 19.3 Å². The van der Waals surface area contributed by atoms with Crippen LogP contribution in [0.5, 0.6) is 0 Å². The molecule has 1 atom stereocenters. The van der Waals surface area contributed by atoms with E-state index in [1.54, 1.807) is 12.1 Å². The summed E-state index contributed by atoms with van der Waals surface area (Å²) in [6.07, 6.45) is 1.52. The quantitative estimate of drug-likeness (QED) is 0.636. The van der Waals surface area contributed by atoms with Crippen LogP contribution < -0.4 is 11.1 Å². The molecule has 0 aliphatic carbocycles. The Labute approximate surface area is 139 Å². The van der Waals surface area contributed by atoms with Crippen LogP contribution >= 0.6 is 0 Å². The molecule has 1 aromatic heterocycles. The van der Waals surface area contributed by atoms with Crippen molar-refractivity contribution in [1.29, 1.82) is 0 Å². The monoisotopic (exact) mass is 354 g/mol. The van der Waals surface area contributed by atoms with E-state index in [2.05, 4.69) is 10.3 Å². The molecule has 0 unspecified atom stereocenters. The van der Waals surface area contributed by atoms with Crippen LogP contribution in [0.2, 0.25) is 0 Å². The van der Waals surface area contributed by atoms with Gasteiger partial charge in [0.1, 0.15) is 6.42 Å². The molecule has 1 aromatic rings. The van der Waals surface area contributed by atoms with Crippen LogP contribution in [0.4, 0.5) is 0 Å². The van der Waals surface area contributed by atoms with Gasteiger partial charge in [0.25, 0.3) is 10.0 Å². The maximum Gasteiger partial charge on any atom is 0.260 e. The second kappa shape index (κ2) is 7.49. The Hall–Kier alpha value is -2.33. The van der Waals surface area contributed by atoms with Gasteiger partial charge in [0.15, 0.2) is 10.8 Å². The largest absolute Gasteiger partial charge is 0.369 e. The summed E-state index contributed by atoms with van der Waals surface area (Å²) in [6.45, 7) is -0.215. The number of hydrogen-bond donors (Lipinski definition) is 2. The summed E-state index contributed by atoms with van der Waals surface area (Å²) in [6, 6.07) is 3.67. The molecule has 10 heteroatoms. The van der Waals surface area contributed by atoms with E-state index < -0.39 is 40.1 Å². The fourth-order valence-corrected chi connectivity index (χ4v) is 3.76. The Morgan fingerprint density at radius 2 is 2.12 bits per heavy atom. The van der Waals surface area contributed by atoms with Gasteiger partial charge in [-0.1, -0.05) is 6.07 Å². The highest BCUT2D eigenvalue weighted by molar-refractivity contribution is 7.89. The highest BCUT2D eigenvalue weighted by Gasteiger charge is 2.33. The number of carbonyl (C=O) groups is 3. The molecule has 1 aliphatic heterocycles. The summed E-state index contributed by atoms with van der Waals surface area (Å²) in [7, 11) is -3.87. The molecule has 2 heterocycles. The standard InChI is InChI=1S/C14H18N4O5S/c15-12(20)8-13(21)17-10-4-3-7-18(9-11(10)19)24(22,23)14-5-1-2-6-16-14/h1-2,5-6,10H,3-4,7-9H2,(H2,15,20)(H,17,21)/t10-/m0/s1. The van der Waals surface area contributed by atoms with Crippen molar-refractivity contribution < 1.29 is 22.8 Å². The fourth-order valence-electron chi connectivity index (χ4n) is 2.39. The Balaban J connectivity index is 2.09. The molecule has 9 nitrogen and oxygen atoms in total. The van der Waals surface area contributed by atoms with Gasteiger partial charge in [-0.2, -0.15) is 4.31 Å². The van der Waals surface area contributed by atoms with Gasteiger partial charge in [-0.15, -0.1) is 0 Å². The smallest absolute Gasteiger partial charge is 0.260 e. The number of amides is 2. The lowest BCUT2D eigenvalue weighted by molar-refractivity contribution is -0.131. The van der Waals surface area contributed by atoms with Gasteiger partial charge >= 0.3 is 0 Å². The third kappa shape index (κ3) is 4.36. The minimum atomic E-state index is -3.87. The van der Waals surface area contributed by atoms with E-state index in [0.717, 1.165) is 4.31 Å². The number of rotatable bonds is 5. The summed E-state index contributed by atoms with van der Waals surface area (Å²) in [5, 5.41) is 2.29. The van der Waals surface area contributed by atoms with Crippen LogP contribution in [-0.2, 0) is 24.4 Å². The van der Waals surface area contributed by atoms with Crippen molar-refractivity contribution in [3.63, 3.8) is 0 Å². The van der Waals surface area contributed by atoms with Crippen LogP contribution in [0.3, 0.4) is 0 Å². The van der Waals surface area contributed by atoms with E-state index in [1.807, 2.05) is 0 Å². The van der Waals surface area contributed by atoms with Crippen LogP contribution in [0.15, 0.2) is 29.4 Å². The molecule has 130 valence electrons. The molecular formula is C14H18N4O5S. The summed E-state index contributed by atoms with van der Waals surface area (Å²) in [5.41, 5.74) is 4.93. The predicted octanol–water partition coefficient (Wildman–Crippen LogP) is -1.20. The minimum Gasteiger partial charge on any atom is -0.369 e. The van der Waals surface area contributed by atoms with Gasteiger partial charge in [-0.05, 0) is 25.0 Å². The maximum atomic E-state index is 12.5. The molecule has 0 aromatic carbocycles. The molecule has 1 saturated heterocycles. The normalized spacial score (nSPS) is 19.5. The molecule has 0 radical (unpaired) electrons. The third-order valence-corrected chi connectivity index (χ3v) is 5.29. The number of nitrogens with two attached hydrogens (primary N) is 1. The van der Waals surface area contributed by atoms with Crippen molar-refractivity contribution in [3.8, 4) is 0 Å². The van der Waals surface area contributed by atoms with Gasteiger partial charge < -0.3 is 11.1 Å². The lowest BCUT2D eigenvalue weighted by Crippen LogP contribution is -2.45. The highest BCUT2D eigenvalue weighted by atomic mass is 32.2. The maximum absolute atomic E-state index is 12.5.